The summed E-state index contributed by atoms with van der Waals surface area (Å²) in [5, 5.41) is 6.01. The minimum Gasteiger partial charge on any atom is -0.357 e. The number of rotatable bonds is 3. The number of amides is 1. The lowest BCUT2D eigenvalue weighted by Gasteiger charge is -2.24. The van der Waals surface area contributed by atoms with Crippen LogP contribution in [0.2, 0.25) is 0 Å². The number of hydrogen-bond acceptors (Lipinski definition) is 4. The molecule has 0 aliphatic heterocycles. The second-order valence-electron chi connectivity index (χ2n) is 5.55. The Hall–Kier alpha value is -1.65. The molecule has 1 amide bonds. The standard InChI is InChI=1S/C13H22N4O/c1-8-7-14-9(2)11(15-8)16-10(3)12(18)17-13(4,5)6/h7,10H,1-6H3,(H,15,16)(H,17,18). The zero-order valence-electron chi connectivity index (χ0n) is 12.0. The maximum Gasteiger partial charge on any atom is 0.242 e. The number of anilines is 1. The Bertz CT molecular complexity index is 437. The number of aromatic nitrogens is 2. The Morgan fingerprint density at radius 1 is 1.33 bits per heavy atom. The predicted octanol–water partition coefficient (Wildman–Crippen LogP) is 1.81. The van der Waals surface area contributed by atoms with Crippen molar-refractivity contribution in [3.8, 4) is 0 Å². The fraction of sp³-hybridized carbons (Fsp3) is 0.615. The van der Waals surface area contributed by atoms with E-state index in [0.717, 1.165) is 11.4 Å². The first kappa shape index (κ1) is 14.4. The van der Waals surface area contributed by atoms with Gasteiger partial charge in [0.2, 0.25) is 5.91 Å². The van der Waals surface area contributed by atoms with Crippen molar-refractivity contribution in [1.29, 1.82) is 0 Å². The summed E-state index contributed by atoms with van der Waals surface area (Å²) in [4.78, 5) is 20.5. The first-order chi connectivity index (χ1) is 8.19. The highest BCUT2D eigenvalue weighted by Gasteiger charge is 2.19. The van der Waals surface area contributed by atoms with Crippen LogP contribution in [0.15, 0.2) is 6.20 Å². The number of hydrogen-bond donors (Lipinski definition) is 2. The topological polar surface area (TPSA) is 66.9 Å². The maximum absolute atomic E-state index is 11.9. The lowest BCUT2D eigenvalue weighted by molar-refractivity contribution is -0.122. The molecule has 1 aromatic rings. The van der Waals surface area contributed by atoms with E-state index in [4.69, 9.17) is 0 Å². The van der Waals surface area contributed by atoms with Crippen molar-refractivity contribution in [2.24, 2.45) is 0 Å². The molecular weight excluding hydrogens is 228 g/mol. The van der Waals surface area contributed by atoms with Gasteiger partial charge in [0.05, 0.1) is 11.4 Å². The van der Waals surface area contributed by atoms with Crippen LogP contribution < -0.4 is 10.6 Å². The van der Waals surface area contributed by atoms with Gasteiger partial charge in [0.1, 0.15) is 11.9 Å². The molecule has 0 aromatic carbocycles. The molecule has 0 fully saturated rings. The van der Waals surface area contributed by atoms with Crippen LogP contribution in [-0.4, -0.2) is 27.5 Å². The van der Waals surface area contributed by atoms with Crippen molar-refractivity contribution in [1.82, 2.24) is 15.3 Å². The molecule has 0 bridgehead atoms. The molecule has 1 unspecified atom stereocenters. The third-order valence-corrected chi connectivity index (χ3v) is 2.32. The molecule has 0 spiro atoms. The molecule has 1 heterocycles. The number of nitrogens with one attached hydrogen (secondary N) is 2. The van der Waals surface area contributed by atoms with Crippen LogP contribution in [0.5, 0.6) is 0 Å². The molecule has 0 saturated carbocycles. The van der Waals surface area contributed by atoms with Crippen molar-refractivity contribution in [3.63, 3.8) is 0 Å². The lowest BCUT2D eigenvalue weighted by Crippen LogP contribution is -2.47. The summed E-state index contributed by atoms with van der Waals surface area (Å²) in [6.07, 6.45) is 1.71. The first-order valence-electron chi connectivity index (χ1n) is 6.08. The van der Waals surface area contributed by atoms with Gasteiger partial charge in [-0.15, -0.1) is 0 Å². The molecule has 0 radical (unpaired) electrons. The quantitative estimate of drug-likeness (QED) is 0.858. The molecule has 1 aromatic heterocycles. The largest absolute Gasteiger partial charge is 0.357 e. The molecule has 5 nitrogen and oxygen atoms in total. The summed E-state index contributed by atoms with van der Waals surface area (Å²) < 4.78 is 0. The van der Waals surface area contributed by atoms with Gasteiger partial charge in [0.25, 0.3) is 0 Å². The second-order valence-corrected chi connectivity index (χ2v) is 5.55. The molecule has 1 atom stereocenters. The number of nitrogens with zero attached hydrogens (tertiary/aromatic N) is 2. The average molecular weight is 250 g/mol. The molecule has 0 saturated heterocycles. The van der Waals surface area contributed by atoms with Crippen LogP contribution in [0, 0.1) is 13.8 Å². The molecule has 100 valence electrons. The second kappa shape index (κ2) is 5.33. The normalized spacial score (nSPS) is 13.0. The van der Waals surface area contributed by atoms with E-state index in [1.807, 2.05) is 41.5 Å². The van der Waals surface area contributed by atoms with Crippen LogP contribution in [-0.2, 0) is 4.79 Å². The van der Waals surface area contributed by atoms with E-state index in [0.29, 0.717) is 5.82 Å². The highest BCUT2D eigenvalue weighted by molar-refractivity contribution is 5.84. The van der Waals surface area contributed by atoms with Gasteiger partial charge >= 0.3 is 0 Å². The van der Waals surface area contributed by atoms with Gasteiger partial charge in [-0.25, -0.2) is 4.98 Å². The minimum atomic E-state index is -0.348. The van der Waals surface area contributed by atoms with E-state index < -0.39 is 0 Å². The molecule has 0 aliphatic carbocycles. The van der Waals surface area contributed by atoms with Crippen molar-refractivity contribution < 1.29 is 4.79 Å². The van der Waals surface area contributed by atoms with Gasteiger partial charge in [-0.1, -0.05) is 0 Å². The van der Waals surface area contributed by atoms with Gasteiger partial charge in [-0.2, -0.15) is 0 Å². The van der Waals surface area contributed by atoms with Crippen LogP contribution in [0.4, 0.5) is 5.82 Å². The average Bonchev–Trinajstić information content (AvgIpc) is 2.21. The third kappa shape index (κ3) is 4.31. The summed E-state index contributed by atoms with van der Waals surface area (Å²) in [5.41, 5.74) is 1.38. The van der Waals surface area contributed by atoms with E-state index in [1.54, 1.807) is 6.20 Å². The summed E-state index contributed by atoms with van der Waals surface area (Å²) in [6, 6.07) is -0.348. The van der Waals surface area contributed by atoms with Crippen molar-refractivity contribution >= 4 is 11.7 Å². The molecule has 2 N–H and O–H groups in total. The van der Waals surface area contributed by atoms with Crippen molar-refractivity contribution in [2.75, 3.05) is 5.32 Å². The van der Waals surface area contributed by atoms with Crippen molar-refractivity contribution in [2.45, 2.75) is 53.1 Å². The van der Waals surface area contributed by atoms with Crippen LogP contribution in [0.1, 0.15) is 39.1 Å². The van der Waals surface area contributed by atoms with Crippen LogP contribution >= 0.6 is 0 Å². The number of aryl methyl sites for hydroxylation is 2. The van der Waals surface area contributed by atoms with E-state index in [-0.39, 0.29) is 17.5 Å². The monoisotopic (exact) mass is 250 g/mol. The van der Waals surface area contributed by atoms with E-state index in [1.165, 1.54) is 0 Å². The van der Waals surface area contributed by atoms with Crippen LogP contribution in [0.3, 0.4) is 0 Å². The zero-order valence-corrected chi connectivity index (χ0v) is 12.0. The Morgan fingerprint density at radius 3 is 2.50 bits per heavy atom. The summed E-state index contributed by atoms with van der Waals surface area (Å²) in [6.45, 7) is 11.4. The van der Waals surface area contributed by atoms with E-state index >= 15 is 0 Å². The summed E-state index contributed by atoms with van der Waals surface area (Å²) in [5.74, 6) is 0.608. The lowest BCUT2D eigenvalue weighted by atomic mass is 10.1. The Balaban J connectivity index is 2.72. The maximum atomic E-state index is 11.9. The minimum absolute atomic E-state index is 0.0507. The molecule has 0 aliphatic rings. The highest BCUT2D eigenvalue weighted by atomic mass is 16.2. The van der Waals surface area contributed by atoms with Crippen LogP contribution in [0.25, 0.3) is 0 Å². The highest BCUT2D eigenvalue weighted by Crippen LogP contribution is 2.10. The SMILES string of the molecule is Cc1cnc(C)c(NC(C)C(=O)NC(C)(C)C)n1. The Morgan fingerprint density at radius 2 is 1.94 bits per heavy atom. The van der Waals surface area contributed by atoms with E-state index in [2.05, 4.69) is 20.6 Å². The number of carbonyl (C=O) groups is 1. The Kier molecular flexibility index (Phi) is 4.27. The van der Waals surface area contributed by atoms with Gasteiger partial charge < -0.3 is 10.6 Å². The summed E-state index contributed by atoms with van der Waals surface area (Å²) >= 11 is 0. The summed E-state index contributed by atoms with van der Waals surface area (Å²) in [7, 11) is 0. The fourth-order valence-corrected chi connectivity index (χ4v) is 1.42. The number of carbonyl (C=O) groups excluding carboxylic acids is 1. The zero-order chi connectivity index (χ0) is 13.9. The molecule has 5 heteroatoms. The first-order valence-corrected chi connectivity index (χ1v) is 6.08. The fourth-order valence-electron chi connectivity index (χ4n) is 1.42. The Labute approximate surface area is 108 Å². The van der Waals surface area contributed by atoms with Gasteiger partial charge in [-0.3, -0.25) is 9.78 Å². The molecule has 1 rings (SSSR count). The predicted molar refractivity (Wildman–Crippen MR) is 72.5 cm³/mol. The van der Waals surface area contributed by atoms with Gasteiger partial charge in [0, 0.05) is 11.7 Å². The van der Waals surface area contributed by atoms with E-state index in [9.17, 15) is 4.79 Å². The van der Waals surface area contributed by atoms with Gasteiger partial charge in [-0.05, 0) is 41.5 Å². The van der Waals surface area contributed by atoms with Gasteiger partial charge in [0.15, 0.2) is 0 Å². The molecule has 18 heavy (non-hydrogen) atoms. The smallest absolute Gasteiger partial charge is 0.242 e. The van der Waals surface area contributed by atoms with Crippen molar-refractivity contribution in [3.05, 3.63) is 17.6 Å². The third-order valence-electron chi connectivity index (χ3n) is 2.32. The molecular formula is C13H22N4O.